The van der Waals surface area contributed by atoms with E-state index >= 15 is 0 Å². The van der Waals surface area contributed by atoms with Crippen molar-refractivity contribution in [2.75, 3.05) is 6.54 Å². The molecule has 0 radical (unpaired) electrons. The molecule has 0 aromatic carbocycles. The SMILES string of the molecule is Cc1ccc(O)c(CN2CC(C)CCC2C)n1. The molecule has 0 spiro atoms. The van der Waals surface area contributed by atoms with Gasteiger partial charge in [-0.15, -0.1) is 0 Å². The lowest BCUT2D eigenvalue weighted by Crippen LogP contribution is -2.40. The number of aryl methyl sites for hydroxylation is 1. The van der Waals surface area contributed by atoms with E-state index in [1.807, 2.05) is 13.0 Å². The monoisotopic (exact) mass is 234 g/mol. The van der Waals surface area contributed by atoms with E-state index in [1.54, 1.807) is 6.07 Å². The summed E-state index contributed by atoms with van der Waals surface area (Å²) in [5, 5.41) is 9.83. The first-order chi connectivity index (χ1) is 8.06. The summed E-state index contributed by atoms with van der Waals surface area (Å²) >= 11 is 0. The highest BCUT2D eigenvalue weighted by atomic mass is 16.3. The van der Waals surface area contributed by atoms with E-state index in [0.29, 0.717) is 11.8 Å². The van der Waals surface area contributed by atoms with Crippen molar-refractivity contribution in [3.05, 3.63) is 23.5 Å². The van der Waals surface area contributed by atoms with Gasteiger partial charge in [0.15, 0.2) is 0 Å². The van der Waals surface area contributed by atoms with Gasteiger partial charge in [0.05, 0.1) is 5.69 Å². The molecular formula is C14H22N2O. The van der Waals surface area contributed by atoms with Crippen LogP contribution in [-0.2, 0) is 6.54 Å². The fourth-order valence-electron chi connectivity index (χ4n) is 2.51. The van der Waals surface area contributed by atoms with Gasteiger partial charge in [0.25, 0.3) is 0 Å². The Morgan fingerprint density at radius 2 is 2.12 bits per heavy atom. The molecule has 94 valence electrons. The van der Waals surface area contributed by atoms with Crippen molar-refractivity contribution in [3.63, 3.8) is 0 Å². The predicted molar refractivity (Wildman–Crippen MR) is 68.9 cm³/mol. The molecule has 3 heteroatoms. The van der Waals surface area contributed by atoms with Crippen molar-refractivity contribution in [3.8, 4) is 5.75 Å². The minimum atomic E-state index is 0.320. The number of aromatic hydroxyl groups is 1. The molecule has 1 N–H and O–H groups in total. The van der Waals surface area contributed by atoms with Crippen LogP contribution in [0.3, 0.4) is 0 Å². The Bertz CT molecular complexity index is 392. The van der Waals surface area contributed by atoms with Gasteiger partial charge < -0.3 is 5.11 Å². The highest BCUT2D eigenvalue weighted by Crippen LogP contribution is 2.25. The lowest BCUT2D eigenvalue weighted by Gasteiger charge is -2.36. The van der Waals surface area contributed by atoms with Crippen LogP contribution in [-0.4, -0.2) is 27.6 Å². The molecule has 2 unspecified atom stereocenters. The Morgan fingerprint density at radius 1 is 1.35 bits per heavy atom. The van der Waals surface area contributed by atoms with E-state index < -0.39 is 0 Å². The Kier molecular flexibility index (Phi) is 3.67. The Balaban J connectivity index is 2.11. The molecule has 1 saturated heterocycles. The topological polar surface area (TPSA) is 36.4 Å². The number of pyridine rings is 1. The Hall–Kier alpha value is -1.09. The van der Waals surface area contributed by atoms with Crippen molar-refractivity contribution < 1.29 is 5.11 Å². The Morgan fingerprint density at radius 3 is 2.88 bits per heavy atom. The van der Waals surface area contributed by atoms with Crippen LogP contribution in [0.1, 0.15) is 38.1 Å². The molecule has 1 aliphatic heterocycles. The summed E-state index contributed by atoms with van der Waals surface area (Å²) in [7, 11) is 0. The molecule has 0 bridgehead atoms. The summed E-state index contributed by atoms with van der Waals surface area (Å²) in [5.74, 6) is 1.07. The molecule has 0 aliphatic carbocycles. The molecule has 1 aromatic rings. The lowest BCUT2D eigenvalue weighted by molar-refractivity contribution is 0.115. The fourth-order valence-corrected chi connectivity index (χ4v) is 2.51. The van der Waals surface area contributed by atoms with Gasteiger partial charge in [-0.05, 0) is 44.7 Å². The van der Waals surface area contributed by atoms with Crippen LogP contribution in [0, 0.1) is 12.8 Å². The molecule has 2 heterocycles. The zero-order valence-electron chi connectivity index (χ0n) is 11.0. The fraction of sp³-hybridized carbons (Fsp3) is 0.643. The van der Waals surface area contributed by atoms with Gasteiger partial charge >= 0.3 is 0 Å². The summed E-state index contributed by atoms with van der Waals surface area (Å²) in [6, 6.07) is 4.18. The minimum absolute atomic E-state index is 0.320. The molecule has 2 rings (SSSR count). The van der Waals surface area contributed by atoms with E-state index in [2.05, 4.69) is 23.7 Å². The summed E-state index contributed by atoms with van der Waals surface area (Å²) in [5.41, 5.74) is 1.78. The molecule has 3 nitrogen and oxygen atoms in total. The van der Waals surface area contributed by atoms with Crippen molar-refractivity contribution in [2.24, 2.45) is 5.92 Å². The largest absolute Gasteiger partial charge is 0.506 e. The van der Waals surface area contributed by atoms with Gasteiger partial charge in [0.2, 0.25) is 0 Å². The maximum Gasteiger partial charge on any atom is 0.138 e. The maximum atomic E-state index is 9.83. The quantitative estimate of drug-likeness (QED) is 0.854. The number of piperidine rings is 1. The second kappa shape index (κ2) is 5.05. The van der Waals surface area contributed by atoms with E-state index in [9.17, 15) is 5.11 Å². The molecule has 0 amide bonds. The zero-order chi connectivity index (χ0) is 12.4. The zero-order valence-corrected chi connectivity index (χ0v) is 11.0. The van der Waals surface area contributed by atoms with E-state index in [0.717, 1.165) is 30.4 Å². The van der Waals surface area contributed by atoms with Gasteiger partial charge in [0.1, 0.15) is 5.75 Å². The highest BCUT2D eigenvalue weighted by molar-refractivity contribution is 5.27. The highest BCUT2D eigenvalue weighted by Gasteiger charge is 2.23. The van der Waals surface area contributed by atoms with Crippen LogP contribution in [0.25, 0.3) is 0 Å². The van der Waals surface area contributed by atoms with Gasteiger partial charge in [-0.25, -0.2) is 0 Å². The van der Waals surface area contributed by atoms with Gasteiger partial charge in [-0.3, -0.25) is 9.88 Å². The minimum Gasteiger partial charge on any atom is -0.506 e. The second-order valence-corrected chi connectivity index (χ2v) is 5.38. The van der Waals surface area contributed by atoms with Gasteiger partial charge in [0, 0.05) is 24.8 Å². The molecule has 2 atom stereocenters. The van der Waals surface area contributed by atoms with Crippen LogP contribution >= 0.6 is 0 Å². The smallest absolute Gasteiger partial charge is 0.138 e. The van der Waals surface area contributed by atoms with Crippen LogP contribution < -0.4 is 0 Å². The average Bonchev–Trinajstić information content (AvgIpc) is 2.28. The molecular weight excluding hydrogens is 212 g/mol. The number of likely N-dealkylation sites (tertiary alicyclic amines) is 1. The number of rotatable bonds is 2. The van der Waals surface area contributed by atoms with Crippen LogP contribution in [0.2, 0.25) is 0 Å². The standard InChI is InChI=1S/C14H22N2O/c1-10-4-6-12(3)16(8-10)9-13-14(17)7-5-11(2)15-13/h5,7,10,12,17H,4,6,8-9H2,1-3H3. The van der Waals surface area contributed by atoms with E-state index in [4.69, 9.17) is 0 Å². The molecule has 0 saturated carbocycles. The number of hydrogen-bond donors (Lipinski definition) is 1. The van der Waals surface area contributed by atoms with Gasteiger partial charge in [-0.1, -0.05) is 6.92 Å². The first-order valence-electron chi connectivity index (χ1n) is 6.46. The van der Waals surface area contributed by atoms with Crippen molar-refractivity contribution in [2.45, 2.75) is 46.2 Å². The molecule has 1 aromatic heterocycles. The Labute approximate surface area is 103 Å². The van der Waals surface area contributed by atoms with Crippen LogP contribution in [0.5, 0.6) is 5.75 Å². The van der Waals surface area contributed by atoms with Crippen molar-refractivity contribution in [1.82, 2.24) is 9.88 Å². The van der Waals surface area contributed by atoms with E-state index in [-0.39, 0.29) is 0 Å². The summed E-state index contributed by atoms with van der Waals surface area (Å²) in [6.07, 6.45) is 2.55. The second-order valence-electron chi connectivity index (χ2n) is 5.38. The third-order valence-corrected chi connectivity index (χ3v) is 3.69. The van der Waals surface area contributed by atoms with Crippen LogP contribution in [0.15, 0.2) is 12.1 Å². The molecule has 1 aliphatic rings. The maximum absolute atomic E-state index is 9.83. The number of nitrogens with zero attached hydrogens (tertiary/aromatic N) is 2. The van der Waals surface area contributed by atoms with Gasteiger partial charge in [-0.2, -0.15) is 0 Å². The van der Waals surface area contributed by atoms with Crippen molar-refractivity contribution in [1.29, 1.82) is 0 Å². The normalized spacial score (nSPS) is 26.1. The summed E-state index contributed by atoms with van der Waals surface area (Å²) in [6.45, 7) is 8.39. The first kappa shape index (κ1) is 12.4. The molecule has 17 heavy (non-hydrogen) atoms. The number of hydrogen-bond acceptors (Lipinski definition) is 3. The summed E-state index contributed by atoms with van der Waals surface area (Å²) in [4.78, 5) is 6.86. The third-order valence-electron chi connectivity index (χ3n) is 3.69. The van der Waals surface area contributed by atoms with Crippen LogP contribution in [0.4, 0.5) is 0 Å². The third kappa shape index (κ3) is 2.97. The lowest BCUT2D eigenvalue weighted by atomic mass is 9.95. The summed E-state index contributed by atoms with van der Waals surface area (Å²) < 4.78 is 0. The predicted octanol–water partition coefficient (Wildman–Crippen LogP) is 2.72. The van der Waals surface area contributed by atoms with E-state index in [1.165, 1.54) is 12.8 Å². The first-order valence-corrected chi connectivity index (χ1v) is 6.46. The van der Waals surface area contributed by atoms with Crippen molar-refractivity contribution >= 4 is 0 Å². The molecule has 1 fully saturated rings. The number of aromatic nitrogens is 1. The average molecular weight is 234 g/mol.